The van der Waals surface area contributed by atoms with E-state index in [1.54, 1.807) is 0 Å². The first-order valence-corrected chi connectivity index (χ1v) is 4.87. The molecule has 0 aliphatic carbocycles. The third-order valence-corrected chi connectivity index (χ3v) is 2.46. The Bertz CT molecular complexity index is 507. The molecule has 0 fully saturated rings. The molecule has 78 valence electrons. The van der Waals surface area contributed by atoms with Crippen LogP contribution >= 0.6 is 0 Å². The molecule has 0 amide bonds. The van der Waals surface area contributed by atoms with Crippen molar-refractivity contribution in [3.05, 3.63) is 40.2 Å². The molecule has 15 heavy (non-hydrogen) atoms. The average molecular weight is 203 g/mol. The van der Waals surface area contributed by atoms with Crippen molar-refractivity contribution < 1.29 is 0 Å². The lowest BCUT2D eigenvalue weighted by atomic mass is 10.1. The van der Waals surface area contributed by atoms with Crippen molar-refractivity contribution in [3.8, 4) is 11.1 Å². The summed E-state index contributed by atoms with van der Waals surface area (Å²) in [6.45, 7) is 2.09. The second kappa shape index (κ2) is 3.65. The van der Waals surface area contributed by atoms with Gasteiger partial charge >= 0.3 is 0 Å². The summed E-state index contributed by atoms with van der Waals surface area (Å²) >= 11 is 0. The second-order valence-corrected chi connectivity index (χ2v) is 3.42. The highest BCUT2D eigenvalue weighted by Gasteiger charge is 2.08. The van der Waals surface area contributed by atoms with Crippen LogP contribution in [0.4, 0.5) is 5.82 Å². The van der Waals surface area contributed by atoms with E-state index in [-0.39, 0.29) is 5.56 Å². The van der Waals surface area contributed by atoms with Gasteiger partial charge in [-0.15, -0.1) is 0 Å². The molecule has 1 aromatic carbocycles. The highest BCUT2D eigenvalue weighted by molar-refractivity contribution is 5.72. The van der Waals surface area contributed by atoms with Gasteiger partial charge in [-0.25, -0.2) is 0 Å². The number of nitrogens with one attached hydrogen (secondary N) is 2. The molecule has 4 N–H and O–H groups in total. The maximum Gasteiger partial charge on any atom is 0.273 e. The first-order chi connectivity index (χ1) is 7.22. The fourth-order valence-corrected chi connectivity index (χ4v) is 1.57. The minimum atomic E-state index is -0.184. The summed E-state index contributed by atoms with van der Waals surface area (Å²) < 4.78 is 0. The number of benzene rings is 1. The summed E-state index contributed by atoms with van der Waals surface area (Å²) in [6, 6.07) is 7.82. The fraction of sp³-hybridized carbons (Fsp3) is 0.182. The van der Waals surface area contributed by atoms with E-state index in [2.05, 4.69) is 17.1 Å². The Morgan fingerprint density at radius 2 is 1.87 bits per heavy atom. The predicted octanol–water partition coefficient (Wildman–Crippen LogP) is 1.51. The van der Waals surface area contributed by atoms with Crippen LogP contribution < -0.4 is 11.3 Å². The number of H-pyrrole nitrogens is 2. The Morgan fingerprint density at radius 3 is 2.33 bits per heavy atom. The summed E-state index contributed by atoms with van der Waals surface area (Å²) in [5.74, 6) is 0.379. The summed E-state index contributed by atoms with van der Waals surface area (Å²) in [5.41, 5.74) is 8.07. The number of hydrogen-bond donors (Lipinski definition) is 3. The minimum Gasteiger partial charge on any atom is -0.383 e. The van der Waals surface area contributed by atoms with Gasteiger partial charge in [-0.2, -0.15) is 0 Å². The van der Waals surface area contributed by atoms with E-state index in [4.69, 9.17) is 5.73 Å². The Kier molecular flexibility index (Phi) is 2.33. The van der Waals surface area contributed by atoms with E-state index < -0.39 is 0 Å². The molecular formula is C11H13N3O. The number of aryl methyl sites for hydroxylation is 1. The quantitative estimate of drug-likeness (QED) is 0.692. The molecule has 2 aromatic rings. The van der Waals surface area contributed by atoms with Gasteiger partial charge in [-0.1, -0.05) is 31.2 Å². The zero-order valence-electron chi connectivity index (χ0n) is 8.50. The summed E-state index contributed by atoms with van der Waals surface area (Å²) in [4.78, 5) is 11.4. The molecule has 0 radical (unpaired) electrons. The SMILES string of the molecule is CCc1ccc(-c2c(N)[nH][nH]c2=O)cc1. The van der Waals surface area contributed by atoms with Crippen molar-refractivity contribution in [2.75, 3.05) is 5.73 Å². The number of hydrogen-bond acceptors (Lipinski definition) is 2. The molecule has 0 atom stereocenters. The van der Waals surface area contributed by atoms with Crippen molar-refractivity contribution in [1.82, 2.24) is 10.2 Å². The van der Waals surface area contributed by atoms with E-state index in [0.29, 0.717) is 11.4 Å². The largest absolute Gasteiger partial charge is 0.383 e. The van der Waals surface area contributed by atoms with Crippen LogP contribution in [0.15, 0.2) is 29.1 Å². The van der Waals surface area contributed by atoms with Crippen LogP contribution in [0.1, 0.15) is 12.5 Å². The Balaban J connectivity index is 2.50. The number of anilines is 1. The lowest BCUT2D eigenvalue weighted by Gasteiger charge is -2.00. The standard InChI is InChI=1S/C11H13N3O/c1-2-7-3-5-8(6-4-7)9-10(12)13-14-11(9)15/h3-6H,2H2,1H3,(H4,12,13,14,15). The molecule has 2 rings (SSSR count). The van der Waals surface area contributed by atoms with Crippen molar-refractivity contribution in [3.63, 3.8) is 0 Å². The van der Waals surface area contributed by atoms with E-state index in [0.717, 1.165) is 12.0 Å². The first-order valence-electron chi connectivity index (χ1n) is 4.87. The zero-order chi connectivity index (χ0) is 10.8. The van der Waals surface area contributed by atoms with Crippen LogP contribution in [0.2, 0.25) is 0 Å². The van der Waals surface area contributed by atoms with Gasteiger partial charge in [-0.05, 0) is 17.5 Å². The van der Waals surface area contributed by atoms with Crippen molar-refractivity contribution in [2.45, 2.75) is 13.3 Å². The molecule has 0 saturated carbocycles. The van der Waals surface area contributed by atoms with Gasteiger partial charge in [0, 0.05) is 0 Å². The second-order valence-electron chi connectivity index (χ2n) is 3.42. The van der Waals surface area contributed by atoms with Gasteiger partial charge in [0.2, 0.25) is 0 Å². The molecule has 0 aliphatic rings. The van der Waals surface area contributed by atoms with Gasteiger partial charge in [0.1, 0.15) is 5.82 Å². The molecule has 0 bridgehead atoms. The van der Waals surface area contributed by atoms with Crippen LogP contribution in [0.3, 0.4) is 0 Å². The highest BCUT2D eigenvalue weighted by atomic mass is 16.1. The maximum atomic E-state index is 11.4. The molecule has 0 unspecified atom stereocenters. The molecule has 0 saturated heterocycles. The Labute approximate surface area is 87.1 Å². The van der Waals surface area contributed by atoms with Crippen LogP contribution in [0.5, 0.6) is 0 Å². The third-order valence-electron chi connectivity index (χ3n) is 2.46. The van der Waals surface area contributed by atoms with Crippen molar-refractivity contribution in [2.24, 2.45) is 0 Å². The number of aromatic nitrogens is 2. The molecule has 0 aliphatic heterocycles. The molecule has 1 aromatic heterocycles. The van der Waals surface area contributed by atoms with E-state index in [1.165, 1.54) is 5.56 Å². The summed E-state index contributed by atoms with van der Waals surface area (Å²) in [6.07, 6.45) is 0.985. The average Bonchev–Trinajstić information content (AvgIpc) is 2.59. The molecule has 4 heteroatoms. The third kappa shape index (κ3) is 1.66. The van der Waals surface area contributed by atoms with E-state index in [9.17, 15) is 4.79 Å². The zero-order valence-corrected chi connectivity index (χ0v) is 8.50. The van der Waals surface area contributed by atoms with E-state index >= 15 is 0 Å². The van der Waals surface area contributed by atoms with Crippen LogP contribution in [-0.4, -0.2) is 10.2 Å². The smallest absolute Gasteiger partial charge is 0.273 e. The van der Waals surface area contributed by atoms with Gasteiger partial charge < -0.3 is 5.73 Å². The van der Waals surface area contributed by atoms with Crippen LogP contribution in [0.25, 0.3) is 11.1 Å². The van der Waals surface area contributed by atoms with E-state index in [1.807, 2.05) is 24.3 Å². The molecular weight excluding hydrogens is 190 g/mol. The topological polar surface area (TPSA) is 74.7 Å². The predicted molar refractivity (Wildman–Crippen MR) is 60.6 cm³/mol. The lowest BCUT2D eigenvalue weighted by molar-refractivity contribution is 1.06. The summed E-state index contributed by atoms with van der Waals surface area (Å²) in [7, 11) is 0. The Hall–Kier alpha value is -1.97. The Morgan fingerprint density at radius 1 is 1.20 bits per heavy atom. The maximum absolute atomic E-state index is 11.4. The van der Waals surface area contributed by atoms with Crippen LogP contribution in [-0.2, 0) is 6.42 Å². The van der Waals surface area contributed by atoms with Gasteiger partial charge in [0.15, 0.2) is 0 Å². The van der Waals surface area contributed by atoms with Crippen molar-refractivity contribution >= 4 is 5.82 Å². The molecule has 0 spiro atoms. The fourth-order valence-electron chi connectivity index (χ4n) is 1.57. The van der Waals surface area contributed by atoms with Crippen LogP contribution in [0, 0.1) is 0 Å². The normalized spacial score (nSPS) is 10.5. The monoisotopic (exact) mass is 203 g/mol. The lowest BCUT2D eigenvalue weighted by Crippen LogP contribution is -2.02. The number of rotatable bonds is 2. The minimum absolute atomic E-state index is 0.184. The first kappa shape index (κ1) is 9.58. The number of nitrogen functional groups attached to an aromatic ring is 1. The van der Waals surface area contributed by atoms with Crippen molar-refractivity contribution in [1.29, 1.82) is 0 Å². The highest BCUT2D eigenvalue weighted by Crippen LogP contribution is 2.20. The van der Waals surface area contributed by atoms with Gasteiger partial charge in [0.05, 0.1) is 5.56 Å². The summed E-state index contributed by atoms with van der Waals surface area (Å²) in [5, 5.41) is 5.06. The number of nitrogens with two attached hydrogens (primary N) is 1. The molecule has 1 heterocycles. The van der Waals surface area contributed by atoms with Gasteiger partial charge in [0.25, 0.3) is 5.56 Å². The molecule has 4 nitrogen and oxygen atoms in total. The number of aromatic amines is 2. The van der Waals surface area contributed by atoms with Gasteiger partial charge in [-0.3, -0.25) is 15.0 Å².